The van der Waals surface area contributed by atoms with Crippen LogP contribution >= 0.6 is 11.8 Å². The highest BCUT2D eigenvalue weighted by Gasteiger charge is 2.23. The van der Waals surface area contributed by atoms with E-state index >= 15 is 0 Å². The Labute approximate surface area is 145 Å². The second kappa shape index (κ2) is 5.96. The molecule has 0 saturated carbocycles. The number of nitrogens with one attached hydrogen (secondary N) is 1. The number of nitrogens with zero attached hydrogens (tertiary/aromatic N) is 3. The van der Waals surface area contributed by atoms with Crippen molar-refractivity contribution in [1.29, 1.82) is 0 Å². The fourth-order valence-corrected chi connectivity index (χ4v) is 3.58. The number of carbonyl (C=O) groups is 1. The van der Waals surface area contributed by atoms with Crippen molar-refractivity contribution >= 4 is 34.4 Å². The van der Waals surface area contributed by atoms with Crippen LogP contribution in [0.1, 0.15) is 17.3 Å². The lowest BCUT2D eigenvalue weighted by Crippen LogP contribution is -2.15. The molecular formula is C17H12F2N4OS. The number of imidazole rings is 1. The van der Waals surface area contributed by atoms with E-state index in [9.17, 15) is 13.6 Å². The fourth-order valence-electron chi connectivity index (χ4n) is 2.64. The summed E-state index contributed by atoms with van der Waals surface area (Å²) >= 11 is 1.19. The van der Waals surface area contributed by atoms with Gasteiger partial charge in [0.1, 0.15) is 11.6 Å². The molecule has 0 amide bonds. The lowest BCUT2D eigenvalue weighted by atomic mass is 10.1. The Kier molecular flexibility index (Phi) is 3.76. The first-order valence-electron chi connectivity index (χ1n) is 7.52. The van der Waals surface area contributed by atoms with Crippen molar-refractivity contribution in [2.45, 2.75) is 17.3 Å². The van der Waals surface area contributed by atoms with Gasteiger partial charge >= 0.3 is 0 Å². The minimum absolute atomic E-state index is 0.135. The smallest absolute Gasteiger partial charge is 0.231 e. The molecule has 25 heavy (non-hydrogen) atoms. The molecule has 0 fully saturated rings. The average molecular weight is 358 g/mol. The van der Waals surface area contributed by atoms with Crippen LogP contribution in [0.4, 0.5) is 8.78 Å². The van der Waals surface area contributed by atoms with E-state index in [2.05, 4.69) is 15.2 Å². The van der Waals surface area contributed by atoms with Crippen molar-refractivity contribution in [1.82, 2.24) is 19.6 Å². The second-order valence-electron chi connectivity index (χ2n) is 5.51. The summed E-state index contributed by atoms with van der Waals surface area (Å²) in [5.41, 5.74) is 1.53. The molecule has 0 aliphatic heterocycles. The number of benzene rings is 2. The van der Waals surface area contributed by atoms with Crippen molar-refractivity contribution in [2.75, 3.05) is 0 Å². The Morgan fingerprint density at radius 2 is 2.04 bits per heavy atom. The Hall–Kier alpha value is -2.74. The van der Waals surface area contributed by atoms with E-state index in [1.54, 1.807) is 6.92 Å². The summed E-state index contributed by atoms with van der Waals surface area (Å²) in [5, 5.41) is 6.96. The number of ketones is 1. The van der Waals surface area contributed by atoms with E-state index in [1.807, 2.05) is 28.7 Å². The van der Waals surface area contributed by atoms with E-state index in [0.717, 1.165) is 23.2 Å². The second-order valence-corrected chi connectivity index (χ2v) is 6.82. The quantitative estimate of drug-likeness (QED) is 0.445. The normalized spacial score (nSPS) is 12.8. The monoisotopic (exact) mass is 358 g/mol. The number of hydrogen-bond donors (Lipinski definition) is 1. The number of aromatic amines is 1. The maximum Gasteiger partial charge on any atom is 0.231 e. The largest absolute Gasteiger partial charge is 0.293 e. The predicted molar refractivity (Wildman–Crippen MR) is 90.9 cm³/mol. The Bertz CT molecular complexity index is 1100. The molecule has 0 aliphatic carbocycles. The summed E-state index contributed by atoms with van der Waals surface area (Å²) in [6, 6.07) is 10.5. The van der Waals surface area contributed by atoms with Crippen molar-refractivity contribution in [2.24, 2.45) is 0 Å². The third kappa shape index (κ3) is 2.68. The summed E-state index contributed by atoms with van der Waals surface area (Å²) in [5.74, 6) is -1.44. The zero-order valence-corrected chi connectivity index (χ0v) is 13.8. The predicted octanol–water partition coefficient (Wildman–Crippen LogP) is 3.85. The van der Waals surface area contributed by atoms with Crippen LogP contribution in [0.3, 0.4) is 0 Å². The molecule has 0 aliphatic rings. The molecule has 0 bridgehead atoms. The van der Waals surface area contributed by atoms with Gasteiger partial charge in [-0.1, -0.05) is 23.9 Å². The van der Waals surface area contributed by atoms with E-state index in [1.165, 1.54) is 11.8 Å². The number of thioether (sulfide) groups is 1. The summed E-state index contributed by atoms with van der Waals surface area (Å²) in [6.07, 6.45) is 0. The summed E-state index contributed by atoms with van der Waals surface area (Å²) in [7, 11) is 0. The van der Waals surface area contributed by atoms with Gasteiger partial charge in [-0.05, 0) is 31.2 Å². The SMILES string of the molecule is C[C@@H](Sc1n[nH]c2nc3ccccc3n12)C(=O)c1ccc(F)cc1F. The van der Waals surface area contributed by atoms with Gasteiger partial charge in [-0.2, -0.15) is 0 Å². The lowest BCUT2D eigenvalue weighted by molar-refractivity contribution is 0.0990. The molecule has 8 heteroatoms. The maximum atomic E-state index is 13.8. The zero-order valence-electron chi connectivity index (χ0n) is 13.0. The molecule has 2 heterocycles. The topological polar surface area (TPSA) is 63.1 Å². The number of aromatic nitrogens is 4. The van der Waals surface area contributed by atoms with Crippen LogP contribution in [-0.4, -0.2) is 30.6 Å². The van der Waals surface area contributed by atoms with Crippen LogP contribution in [0.25, 0.3) is 16.8 Å². The van der Waals surface area contributed by atoms with Crippen molar-refractivity contribution in [3.05, 3.63) is 59.7 Å². The minimum Gasteiger partial charge on any atom is -0.293 e. The standard InChI is InChI=1S/C17H12F2N4OS/c1-9(15(24)11-7-6-10(18)8-12(11)19)25-17-22-21-16-20-13-4-2-3-5-14(13)23(16)17/h2-9H,1H3,(H,20,21)/t9-/m1/s1. The molecule has 4 aromatic rings. The first-order valence-corrected chi connectivity index (χ1v) is 8.40. The average Bonchev–Trinajstić information content (AvgIpc) is 3.14. The Morgan fingerprint density at radius 3 is 2.84 bits per heavy atom. The van der Waals surface area contributed by atoms with Gasteiger partial charge in [0.25, 0.3) is 0 Å². The van der Waals surface area contributed by atoms with Gasteiger partial charge in [-0.25, -0.2) is 18.9 Å². The van der Waals surface area contributed by atoms with Gasteiger partial charge in [0.2, 0.25) is 5.78 Å². The molecule has 5 nitrogen and oxygen atoms in total. The lowest BCUT2D eigenvalue weighted by Gasteiger charge is -2.09. The number of halogens is 2. The summed E-state index contributed by atoms with van der Waals surface area (Å²) in [6.45, 7) is 1.66. The van der Waals surface area contributed by atoms with E-state index in [4.69, 9.17) is 0 Å². The van der Waals surface area contributed by atoms with Crippen LogP contribution < -0.4 is 0 Å². The van der Waals surface area contributed by atoms with Gasteiger partial charge in [0, 0.05) is 6.07 Å². The van der Waals surface area contributed by atoms with Crippen LogP contribution in [0, 0.1) is 11.6 Å². The first-order chi connectivity index (χ1) is 12.0. The maximum absolute atomic E-state index is 13.8. The molecule has 0 unspecified atom stereocenters. The van der Waals surface area contributed by atoms with Crippen LogP contribution in [0.15, 0.2) is 47.6 Å². The molecule has 4 rings (SSSR count). The molecule has 0 saturated heterocycles. The molecule has 1 N–H and O–H groups in total. The number of fused-ring (bicyclic) bond motifs is 3. The number of rotatable bonds is 4. The fraction of sp³-hybridized carbons (Fsp3) is 0.118. The third-order valence-corrected chi connectivity index (χ3v) is 4.90. The highest BCUT2D eigenvalue weighted by molar-refractivity contribution is 8.00. The molecular weight excluding hydrogens is 346 g/mol. The van der Waals surface area contributed by atoms with E-state index < -0.39 is 22.7 Å². The minimum atomic E-state index is -0.863. The third-order valence-electron chi connectivity index (χ3n) is 3.85. The molecule has 0 radical (unpaired) electrons. The zero-order chi connectivity index (χ0) is 17.6. The highest BCUT2D eigenvalue weighted by atomic mass is 32.2. The van der Waals surface area contributed by atoms with Gasteiger partial charge in [0.15, 0.2) is 10.9 Å². The molecule has 2 aromatic heterocycles. The van der Waals surface area contributed by atoms with E-state index in [-0.39, 0.29) is 5.56 Å². The summed E-state index contributed by atoms with van der Waals surface area (Å²) < 4.78 is 28.7. The van der Waals surface area contributed by atoms with Crippen molar-refractivity contribution in [3.8, 4) is 0 Å². The number of carbonyl (C=O) groups excluding carboxylic acids is 1. The van der Waals surface area contributed by atoms with E-state index in [0.29, 0.717) is 17.0 Å². The van der Waals surface area contributed by atoms with Gasteiger partial charge in [-0.3, -0.25) is 9.20 Å². The van der Waals surface area contributed by atoms with Gasteiger partial charge < -0.3 is 0 Å². The number of Topliss-reactive ketones (excluding diaryl/α,β-unsaturated/α-hetero) is 1. The first kappa shape index (κ1) is 15.8. The van der Waals surface area contributed by atoms with Crippen molar-refractivity contribution < 1.29 is 13.6 Å². The number of para-hydroxylation sites is 2. The van der Waals surface area contributed by atoms with Gasteiger partial charge in [0.05, 0.1) is 21.8 Å². The summed E-state index contributed by atoms with van der Waals surface area (Å²) in [4.78, 5) is 16.9. The molecule has 1 atom stereocenters. The molecule has 2 aromatic carbocycles. The molecule has 0 spiro atoms. The number of hydrogen-bond acceptors (Lipinski definition) is 4. The highest BCUT2D eigenvalue weighted by Crippen LogP contribution is 2.28. The Balaban J connectivity index is 1.67. The molecule has 126 valence electrons. The van der Waals surface area contributed by atoms with Crippen LogP contribution in [0.2, 0.25) is 0 Å². The van der Waals surface area contributed by atoms with Crippen LogP contribution in [0.5, 0.6) is 0 Å². The van der Waals surface area contributed by atoms with Crippen molar-refractivity contribution in [3.63, 3.8) is 0 Å². The number of H-pyrrole nitrogens is 1. The van der Waals surface area contributed by atoms with Crippen LogP contribution in [-0.2, 0) is 0 Å². The Morgan fingerprint density at radius 1 is 1.24 bits per heavy atom. The van der Waals surface area contributed by atoms with Gasteiger partial charge in [-0.15, -0.1) is 5.10 Å².